The van der Waals surface area contributed by atoms with Crippen LogP contribution in [-0.4, -0.2) is 32.2 Å². The number of nitrogens with one attached hydrogen (secondary N) is 2. The summed E-state index contributed by atoms with van der Waals surface area (Å²) in [4.78, 5) is 12.2. The summed E-state index contributed by atoms with van der Waals surface area (Å²) in [5, 5.41) is 6.62. The lowest BCUT2D eigenvalue weighted by Gasteiger charge is -2.17. The fraction of sp³-hybridized carbons (Fsp3) is 0.462. The van der Waals surface area contributed by atoms with Crippen molar-refractivity contribution >= 4 is 39.1 Å². The lowest BCUT2D eigenvalue weighted by molar-refractivity contribution is -0.120. The minimum absolute atomic E-state index is 0.0553. The molecule has 2 N–H and O–H groups in total. The Morgan fingerprint density at radius 3 is 2.89 bits per heavy atom. The summed E-state index contributed by atoms with van der Waals surface area (Å²) in [6, 6.07) is 3.70. The molecule has 1 aromatic carbocycles. The molecule has 6 heteroatoms. The van der Waals surface area contributed by atoms with E-state index >= 15 is 0 Å². The fourth-order valence-corrected chi connectivity index (χ4v) is 2.79. The zero-order valence-electron chi connectivity index (χ0n) is 10.8. The lowest BCUT2D eigenvalue weighted by atomic mass is 10.0. The highest BCUT2D eigenvalue weighted by Crippen LogP contribution is 2.30. The molecule has 0 bridgehead atoms. The minimum atomic E-state index is -0.183. The van der Waals surface area contributed by atoms with Crippen molar-refractivity contribution in [3.8, 4) is 0 Å². The number of halogens is 2. The third-order valence-corrected chi connectivity index (χ3v) is 4.36. The highest BCUT2D eigenvalue weighted by atomic mass is 79.9. The van der Waals surface area contributed by atoms with E-state index < -0.39 is 0 Å². The van der Waals surface area contributed by atoms with Gasteiger partial charge in [-0.15, -0.1) is 0 Å². The Morgan fingerprint density at radius 2 is 2.21 bits per heavy atom. The summed E-state index contributed by atoms with van der Waals surface area (Å²) in [6.07, 6.45) is 0. The summed E-state index contributed by atoms with van der Waals surface area (Å²) < 4.78 is 6.15. The van der Waals surface area contributed by atoms with Gasteiger partial charge in [-0.05, 0) is 47.6 Å². The van der Waals surface area contributed by atoms with Gasteiger partial charge < -0.3 is 15.4 Å². The van der Waals surface area contributed by atoms with Crippen molar-refractivity contribution < 1.29 is 9.53 Å². The van der Waals surface area contributed by atoms with Gasteiger partial charge in [-0.1, -0.05) is 11.6 Å². The first-order chi connectivity index (χ1) is 9.02. The van der Waals surface area contributed by atoms with Crippen LogP contribution in [0.3, 0.4) is 0 Å². The molecule has 1 amide bonds. The molecule has 1 fully saturated rings. The Morgan fingerprint density at radius 1 is 1.47 bits per heavy atom. The number of hydrogen-bond donors (Lipinski definition) is 2. The number of carbonyl (C=O) groups is 1. The number of rotatable bonds is 3. The second kappa shape index (κ2) is 6.22. The quantitative estimate of drug-likeness (QED) is 0.883. The van der Waals surface area contributed by atoms with Crippen LogP contribution >= 0.6 is 27.5 Å². The molecular formula is C13H16BrClN2O2. The molecule has 1 aromatic rings. The Balaban J connectivity index is 2.13. The zero-order valence-corrected chi connectivity index (χ0v) is 13.1. The summed E-state index contributed by atoms with van der Waals surface area (Å²) >= 11 is 9.51. The van der Waals surface area contributed by atoms with Gasteiger partial charge in [0.2, 0.25) is 5.91 Å². The molecule has 1 saturated heterocycles. The number of hydrogen-bond acceptors (Lipinski definition) is 3. The molecule has 1 aliphatic rings. The number of carbonyl (C=O) groups excluding carboxylic acids is 1. The van der Waals surface area contributed by atoms with E-state index in [9.17, 15) is 4.79 Å². The van der Waals surface area contributed by atoms with Crippen LogP contribution in [-0.2, 0) is 9.53 Å². The maximum Gasteiger partial charge on any atom is 0.231 e. The van der Waals surface area contributed by atoms with E-state index in [1.54, 1.807) is 6.07 Å². The number of anilines is 1. The second-order valence-electron chi connectivity index (χ2n) is 4.61. The first-order valence-electron chi connectivity index (χ1n) is 6.04. The normalized spacial score (nSPS) is 22.5. The average molecular weight is 348 g/mol. The maximum absolute atomic E-state index is 12.2. The summed E-state index contributed by atoms with van der Waals surface area (Å²) in [5.41, 5.74) is 1.64. The lowest BCUT2D eigenvalue weighted by Crippen LogP contribution is -2.39. The van der Waals surface area contributed by atoms with Crippen LogP contribution in [0.4, 0.5) is 5.69 Å². The predicted octanol–water partition coefficient (Wildman–Crippen LogP) is 2.58. The van der Waals surface area contributed by atoms with Crippen LogP contribution in [0, 0.1) is 12.8 Å². The van der Waals surface area contributed by atoms with Crippen LogP contribution in [0.25, 0.3) is 0 Å². The molecule has 4 nitrogen and oxygen atoms in total. The number of benzene rings is 1. The van der Waals surface area contributed by atoms with Crippen molar-refractivity contribution in [2.24, 2.45) is 5.92 Å². The van der Waals surface area contributed by atoms with Crippen molar-refractivity contribution in [1.82, 2.24) is 5.32 Å². The largest absolute Gasteiger partial charge is 0.379 e. The molecule has 19 heavy (non-hydrogen) atoms. The van der Waals surface area contributed by atoms with Crippen molar-refractivity contribution in [1.29, 1.82) is 0 Å². The highest BCUT2D eigenvalue weighted by molar-refractivity contribution is 9.10. The smallest absolute Gasteiger partial charge is 0.231 e. The van der Waals surface area contributed by atoms with Crippen LogP contribution in [0.15, 0.2) is 16.6 Å². The van der Waals surface area contributed by atoms with E-state index in [4.69, 9.17) is 16.3 Å². The van der Waals surface area contributed by atoms with Crippen molar-refractivity contribution in [2.45, 2.75) is 13.0 Å². The van der Waals surface area contributed by atoms with E-state index in [2.05, 4.69) is 26.6 Å². The minimum Gasteiger partial charge on any atom is -0.379 e. The van der Waals surface area contributed by atoms with Crippen molar-refractivity contribution in [2.75, 3.05) is 25.6 Å². The molecule has 1 heterocycles. The second-order valence-corrected chi connectivity index (χ2v) is 5.87. The molecule has 1 aliphatic heterocycles. The Labute approximate surface area is 126 Å². The Kier molecular flexibility index (Phi) is 4.84. The van der Waals surface area contributed by atoms with Gasteiger partial charge in [-0.3, -0.25) is 4.79 Å². The molecule has 2 rings (SSSR count). The van der Waals surface area contributed by atoms with Gasteiger partial charge in [-0.25, -0.2) is 0 Å². The third-order valence-electron chi connectivity index (χ3n) is 3.29. The van der Waals surface area contributed by atoms with Crippen molar-refractivity contribution in [3.05, 3.63) is 27.2 Å². The van der Waals surface area contributed by atoms with Crippen LogP contribution < -0.4 is 10.6 Å². The molecule has 0 spiro atoms. The number of ether oxygens (including phenoxy) is 1. The third kappa shape index (κ3) is 3.28. The average Bonchev–Trinajstić information content (AvgIpc) is 2.84. The van der Waals surface area contributed by atoms with Gasteiger partial charge in [0.25, 0.3) is 0 Å². The number of aryl methyl sites for hydroxylation is 1. The van der Waals surface area contributed by atoms with E-state index in [1.807, 2.05) is 20.0 Å². The molecule has 0 radical (unpaired) electrons. The highest BCUT2D eigenvalue weighted by Gasteiger charge is 2.33. The van der Waals surface area contributed by atoms with Gasteiger partial charge in [0.1, 0.15) is 0 Å². The van der Waals surface area contributed by atoms with Crippen molar-refractivity contribution in [3.63, 3.8) is 0 Å². The topological polar surface area (TPSA) is 50.4 Å². The van der Waals surface area contributed by atoms with Gasteiger partial charge in [0.05, 0.1) is 24.8 Å². The molecule has 2 unspecified atom stereocenters. The van der Waals surface area contributed by atoms with Crippen LogP contribution in [0.1, 0.15) is 5.56 Å². The summed E-state index contributed by atoms with van der Waals surface area (Å²) in [7, 11) is 1.83. The van der Waals surface area contributed by atoms with Gasteiger partial charge in [-0.2, -0.15) is 0 Å². The maximum atomic E-state index is 12.2. The molecule has 104 valence electrons. The summed E-state index contributed by atoms with van der Waals surface area (Å²) in [6.45, 7) is 2.92. The fourth-order valence-electron chi connectivity index (χ4n) is 2.06. The zero-order chi connectivity index (χ0) is 14.0. The van der Waals surface area contributed by atoms with Gasteiger partial charge in [0, 0.05) is 15.5 Å². The monoisotopic (exact) mass is 346 g/mol. The SMILES string of the molecule is CNC1COCC1C(=O)Nc1cc(Cl)c(C)cc1Br. The predicted molar refractivity (Wildman–Crippen MR) is 79.7 cm³/mol. The van der Waals surface area contributed by atoms with E-state index in [0.29, 0.717) is 23.9 Å². The Hall–Kier alpha value is -0.620. The van der Waals surface area contributed by atoms with Crippen LogP contribution in [0.5, 0.6) is 0 Å². The van der Waals surface area contributed by atoms with Gasteiger partial charge in [0.15, 0.2) is 0 Å². The standard InChI is InChI=1S/C13H16BrClN2O2/c1-7-3-9(14)11(4-10(7)15)17-13(18)8-5-19-6-12(8)16-2/h3-4,8,12,16H,5-6H2,1-2H3,(H,17,18). The van der Waals surface area contributed by atoms with Gasteiger partial charge >= 0.3 is 0 Å². The Bertz CT molecular complexity index is 496. The van der Waals surface area contributed by atoms with E-state index in [-0.39, 0.29) is 17.9 Å². The number of likely N-dealkylation sites (N-methyl/N-ethyl adjacent to an activating group) is 1. The molecule has 0 saturated carbocycles. The van der Waals surface area contributed by atoms with E-state index in [0.717, 1.165) is 10.0 Å². The van der Waals surface area contributed by atoms with E-state index in [1.165, 1.54) is 0 Å². The first kappa shape index (κ1) is 14.8. The molecule has 0 aromatic heterocycles. The van der Waals surface area contributed by atoms with Crippen LogP contribution in [0.2, 0.25) is 5.02 Å². The molecule has 2 atom stereocenters. The molecular weight excluding hydrogens is 332 g/mol. The number of amides is 1. The summed E-state index contributed by atoms with van der Waals surface area (Å²) in [5.74, 6) is -0.241. The first-order valence-corrected chi connectivity index (χ1v) is 7.21. The molecule has 0 aliphatic carbocycles.